The van der Waals surface area contributed by atoms with Gasteiger partial charge in [0.25, 0.3) is 0 Å². The zero-order valence-electron chi connectivity index (χ0n) is 15.8. The molecule has 0 radical (unpaired) electrons. The molecule has 2 rings (SSSR count). The summed E-state index contributed by atoms with van der Waals surface area (Å²) >= 11 is 3.63. The van der Waals surface area contributed by atoms with Crippen LogP contribution in [0.25, 0.3) is 0 Å². The summed E-state index contributed by atoms with van der Waals surface area (Å²) in [5, 5.41) is 3.57. The fraction of sp³-hybridized carbons (Fsp3) is 0.429. The molecule has 0 saturated carbocycles. The molecule has 0 aromatic heterocycles. The Morgan fingerprint density at radius 3 is 2.52 bits per heavy atom. The number of halogens is 1. The lowest BCUT2D eigenvalue weighted by Gasteiger charge is -2.25. The van der Waals surface area contributed by atoms with Crippen molar-refractivity contribution >= 4 is 15.9 Å². The van der Waals surface area contributed by atoms with Gasteiger partial charge in [-0.2, -0.15) is 0 Å². The first-order valence-corrected chi connectivity index (χ1v) is 9.43. The standard InChI is InChI=1S/C21H28BrNO2/c1-6-21(3,4)23-13-17-11-18(22)20(19(12-17)24-5)25-14-16-9-7-8-15(2)10-16/h7-12,23H,6,13-14H2,1-5H3. The number of hydrogen-bond donors (Lipinski definition) is 1. The SMILES string of the molecule is CCC(C)(C)NCc1cc(Br)c(OCc2cccc(C)c2)c(OC)c1. The highest BCUT2D eigenvalue weighted by molar-refractivity contribution is 9.10. The first kappa shape index (κ1) is 19.8. The summed E-state index contributed by atoms with van der Waals surface area (Å²) in [6, 6.07) is 12.5. The van der Waals surface area contributed by atoms with Gasteiger partial charge in [-0.25, -0.2) is 0 Å². The van der Waals surface area contributed by atoms with Gasteiger partial charge >= 0.3 is 0 Å². The van der Waals surface area contributed by atoms with Crippen LogP contribution >= 0.6 is 15.9 Å². The largest absolute Gasteiger partial charge is 0.493 e. The molecule has 0 unspecified atom stereocenters. The second-order valence-corrected chi connectivity index (χ2v) is 7.83. The highest BCUT2D eigenvalue weighted by Gasteiger charge is 2.16. The second-order valence-electron chi connectivity index (χ2n) is 6.98. The van der Waals surface area contributed by atoms with E-state index in [0.29, 0.717) is 6.61 Å². The third-order valence-corrected chi connectivity index (χ3v) is 5.00. The predicted octanol–water partition coefficient (Wildman–Crippen LogP) is 5.62. The summed E-state index contributed by atoms with van der Waals surface area (Å²) in [6.45, 7) is 9.98. The van der Waals surface area contributed by atoms with Crippen LogP contribution in [-0.2, 0) is 13.2 Å². The van der Waals surface area contributed by atoms with E-state index >= 15 is 0 Å². The van der Waals surface area contributed by atoms with Crippen LogP contribution < -0.4 is 14.8 Å². The molecule has 136 valence electrons. The molecule has 0 aliphatic rings. The second kappa shape index (κ2) is 8.72. The zero-order chi connectivity index (χ0) is 18.4. The first-order valence-electron chi connectivity index (χ1n) is 8.64. The Balaban J connectivity index is 2.13. The van der Waals surface area contributed by atoms with Crippen molar-refractivity contribution in [2.24, 2.45) is 0 Å². The van der Waals surface area contributed by atoms with Gasteiger partial charge in [-0.1, -0.05) is 36.8 Å². The van der Waals surface area contributed by atoms with Crippen molar-refractivity contribution in [1.29, 1.82) is 0 Å². The van der Waals surface area contributed by atoms with Crippen LogP contribution in [0.5, 0.6) is 11.5 Å². The van der Waals surface area contributed by atoms with E-state index in [4.69, 9.17) is 9.47 Å². The number of nitrogens with one attached hydrogen (secondary N) is 1. The summed E-state index contributed by atoms with van der Waals surface area (Å²) in [6.07, 6.45) is 1.07. The van der Waals surface area contributed by atoms with E-state index in [1.54, 1.807) is 7.11 Å². The van der Waals surface area contributed by atoms with Gasteiger partial charge < -0.3 is 14.8 Å². The molecule has 0 atom stereocenters. The summed E-state index contributed by atoms with van der Waals surface area (Å²) in [4.78, 5) is 0. The Bertz CT molecular complexity index is 713. The van der Waals surface area contributed by atoms with E-state index in [1.165, 1.54) is 5.56 Å². The molecule has 0 amide bonds. The molecule has 1 N–H and O–H groups in total. The van der Waals surface area contributed by atoms with Gasteiger partial charge in [-0.3, -0.25) is 0 Å². The molecule has 0 aliphatic carbocycles. The fourth-order valence-electron chi connectivity index (χ4n) is 2.44. The normalized spacial score (nSPS) is 11.4. The molecular weight excluding hydrogens is 378 g/mol. The Kier molecular flexibility index (Phi) is 6.91. The third-order valence-electron chi connectivity index (χ3n) is 4.41. The van der Waals surface area contributed by atoms with Gasteiger partial charge in [0, 0.05) is 12.1 Å². The lowest BCUT2D eigenvalue weighted by Crippen LogP contribution is -2.37. The van der Waals surface area contributed by atoms with E-state index in [2.05, 4.69) is 73.2 Å². The highest BCUT2D eigenvalue weighted by atomic mass is 79.9. The average molecular weight is 406 g/mol. The van der Waals surface area contributed by atoms with Gasteiger partial charge in [0.2, 0.25) is 0 Å². The third kappa shape index (κ3) is 5.75. The van der Waals surface area contributed by atoms with Crippen molar-refractivity contribution in [3.63, 3.8) is 0 Å². The van der Waals surface area contributed by atoms with Gasteiger partial charge in [-0.15, -0.1) is 0 Å². The molecule has 0 bridgehead atoms. The molecule has 25 heavy (non-hydrogen) atoms. The average Bonchev–Trinajstić information content (AvgIpc) is 2.58. The van der Waals surface area contributed by atoms with E-state index in [0.717, 1.165) is 40.1 Å². The van der Waals surface area contributed by atoms with Crippen LogP contribution in [0.1, 0.15) is 43.9 Å². The van der Waals surface area contributed by atoms with E-state index < -0.39 is 0 Å². The number of hydrogen-bond acceptors (Lipinski definition) is 3. The smallest absolute Gasteiger partial charge is 0.175 e. The van der Waals surface area contributed by atoms with Crippen molar-refractivity contribution in [2.75, 3.05) is 7.11 Å². The molecule has 0 heterocycles. The maximum Gasteiger partial charge on any atom is 0.175 e. The van der Waals surface area contributed by atoms with Gasteiger partial charge in [0.15, 0.2) is 11.5 Å². The van der Waals surface area contributed by atoms with E-state index in [1.807, 2.05) is 12.1 Å². The van der Waals surface area contributed by atoms with Crippen LogP contribution in [0.15, 0.2) is 40.9 Å². The van der Waals surface area contributed by atoms with Crippen LogP contribution in [0.2, 0.25) is 0 Å². The van der Waals surface area contributed by atoms with Gasteiger partial charge in [0.05, 0.1) is 11.6 Å². The number of aryl methyl sites for hydroxylation is 1. The summed E-state index contributed by atoms with van der Waals surface area (Å²) in [5.74, 6) is 1.48. The van der Waals surface area contributed by atoms with Gasteiger partial charge in [0.1, 0.15) is 6.61 Å². The predicted molar refractivity (Wildman–Crippen MR) is 107 cm³/mol. The Hall–Kier alpha value is -1.52. The minimum atomic E-state index is 0.111. The fourth-order valence-corrected chi connectivity index (χ4v) is 3.04. The van der Waals surface area contributed by atoms with Crippen molar-refractivity contribution in [1.82, 2.24) is 5.32 Å². The Morgan fingerprint density at radius 1 is 1.12 bits per heavy atom. The lowest BCUT2D eigenvalue weighted by atomic mass is 10.0. The van der Waals surface area contributed by atoms with Crippen molar-refractivity contribution in [2.45, 2.75) is 52.8 Å². The maximum absolute atomic E-state index is 6.03. The van der Waals surface area contributed by atoms with Crippen molar-refractivity contribution in [3.05, 3.63) is 57.6 Å². The summed E-state index contributed by atoms with van der Waals surface area (Å²) in [7, 11) is 1.68. The summed E-state index contributed by atoms with van der Waals surface area (Å²) < 4.78 is 12.5. The van der Waals surface area contributed by atoms with Crippen LogP contribution in [0.3, 0.4) is 0 Å². The van der Waals surface area contributed by atoms with Crippen LogP contribution in [0.4, 0.5) is 0 Å². The number of ether oxygens (including phenoxy) is 2. The molecular formula is C21H28BrNO2. The molecule has 0 saturated heterocycles. The maximum atomic E-state index is 6.03. The number of methoxy groups -OCH3 is 1. The molecule has 3 nitrogen and oxygen atoms in total. The van der Waals surface area contributed by atoms with E-state index in [9.17, 15) is 0 Å². The van der Waals surface area contributed by atoms with Gasteiger partial charge in [-0.05, 0) is 66.4 Å². The quantitative estimate of drug-likeness (QED) is 0.617. The Morgan fingerprint density at radius 2 is 1.88 bits per heavy atom. The van der Waals surface area contributed by atoms with Crippen molar-refractivity contribution < 1.29 is 9.47 Å². The van der Waals surface area contributed by atoms with E-state index in [-0.39, 0.29) is 5.54 Å². The molecule has 4 heteroatoms. The van der Waals surface area contributed by atoms with Crippen molar-refractivity contribution in [3.8, 4) is 11.5 Å². The monoisotopic (exact) mass is 405 g/mol. The zero-order valence-corrected chi connectivity index (χ0v) is 17.4. The molecule has 2 aromatic carbocycles. The Labute approximate surface area is 159 Å². The first-order chi connectivity index (χ1) is 11.8. The highest BCUT2D eigenvalue weighted by Crippen LogP contribution is 2.37. The lowest BCUT2D eigenvalue weighted by molar-refractivity contribution is 0.282. The molecule has 0 fully saturated rings. The van der Waals surface area contributed by atoms with Crippen LogP contribution in [-0.4, -0.2) is 12.6 Å². The number of rotatable bonds is 8. The minimum absolute atomic E-state index is 0.111. The minimum Gasteiger partial charge on any atom is -0.493 e. The molecule has 2 aromatic rings. The number of benzene rings is 2. The topological polar surface area (TPSA) is 30.5 Å². The summed E-state index contributed by atoms with van der Waals surface area (Å²) in [5.41, 5.74) is 3.64. The molecule has 0 aliphatic heterocycles. The molecule has 0 spiro atoms. The van der Waals surface area contributed by atoms with Crippen LogP contribution in [0, 0.1) is 6.92 Å².